The molecule has 0 fully saturated rings. The molecule has 0 aliphatic heterocycles. The first-order valence-electron chi connectivity index (χ1n) is 4.07. The number of hydrogen-bond acceptors (Lipinski definition) is 2. The van der Waals surface area contributed by atoms with Gasteiger partial charge in [0.05, 0.1) is 6.21 Å². The van der Waals surface area contributed by atoms with Crippen molar-refractivity contribution in [3.8, 4) is 0 Å². The SMILES string of the molecule is ON=Cc1cccc2ccccc12. The molecule has 2 aromatic rings. The van der Waals surface area contributed by atoms with E-state index in [-0.39, 0.29) is 0 Å². The Bertz CT molecular complexity index is 443. The molecule has 2 aromatic carbocycles. The molecule has 13 heavy (non-hydrogen) atoms. The molecule has 0 atom stereocenters. The quantitative estimate of drug-likeness (QED) is 0.399. The monoisotopic (exact) mass is 171 g/mol. The van der Waals surface area contributed by atoms with Gasteiger partial charge in [-0.1, -0.05) is 47.6 Å². The summed E-state index contributed by atoms with van der Waals surface area (Å²) in [7, 11) is 0. The van der Waals surface area contributed by atoms with Crippen molar-refractivity contribution < 1.29 is 5.21 Å². The molecule has 2 rings (SSSR count). The molecule has 0 spiro atoms. The summed E-state index contributed by atoms with van der Waals surface area (Å²) in [5.41, 5.74) is 0.931. The van der Waals surface area contributed by atoms with Gasteiger partial charge in [0.1, 0.15) is 0 Å². The summed E-state index contributed by atoms with van der Waals surface area (Å²) in [6, 6.07) is 13.9. The van der Waals surface area contributed by atoms with Crippen LogP contribution in [0.4, 0.5) is 0 Å². The average Bonchev–Trinajstić information content (AvgIpc) is 2.19. The Morgan fingerprint density at radius 1 is 1.00 bits per heavy atom. The summed E-state index contributed by atoms with van der Waals surface area (Å²) < 4.78 is 0. The zero-order valence-corrected chi connectivity index (χ0v) is 7.01. The minimum atomic E-state index is 0.931. The number of hydrogen-bond donors (Lipinski definition) is 1. The average molecular weight is 171 g/mol. The topological polar surface area (TPSA) is 32.6 Å². The van der Waals surface area contributed by atoms with Gasteiger partial charge in [0.2, 0.25) is 0 Å². The summed E-state index contributed by atoms with van der Waals surface area (Å²) in [6.45, 7) is 0. The summed E-state index contributed by atoms with van der Waals surface area (Å²) in [4.78, 5) is 0. The highest BCUT2D eigenvalue weighted by Crippen LogP contribution is 2.16. The first kappa shape index (κ1) is 7.80. The van der Waals surface area contributed by atoms with E-state index in [9.17, 15) is 0 Å². The summed E-state index contributed by atoms with van der Waals surface area (Å²) in [6.07, 6.45) is 1.45. The maximum atomic E-state index is 8.45. The lowest BCUT2D eigenvalue weighted by atomic mass is 10.1. The fourth-order valence-electron chi connectivity index (χ4n) is 1.43. The number of oxime groups is 1. The fourth-order valence-corrected chi connectivity index (χ4v) is 1.43. The van der Waals surface area contributed by atoms with E-state index < -0.39 is 0 Å². The highest BCUT2D eigenvalue weighted by atomic mass is 16.4. The van der Waals surface area contributed by atoms with Crippen LogP contribution < -0.4 is 0 Å². The highest BCUT2D eigenvalue weighted by molar-refractivity contribution is 5.99. The Labute approximate surface area is 76.1 Å². The van der Waals surface area contributed by atoms with Crippen molar-refractivity contribution in [2.24, 2.45) is 5.16 Å². The number of rotatable bonds is 1. The van der Waals surface area contributed by atoms with Crippen LogP contribution in [-0.2, 0) is 0 Å². The van der Waals surface area contributed by atoms with Crippen LogP contribution in [0.15, 0.2) is 47.6 Å². The van der Waals surface area contributed by atoms with E-state index in [0.717, 1.165) is 16.3 Å². The van der Waals surface area contributed by atoms with Gasteiger partial charge in [-0.3, -0.25) is 0 Å². The molecule has 0 saturated carbocycles. The second kappa shape index (κ2) is 3.27. The summed E-state index contributed by atoms with van der Waals surface area (Å²) >= 11 is 0. The van der Waals surface area contributed by atoms with Gasteiger partial charge in [-0.05, 0) is 10.8 Å². The molecule has 2 heteroatoms. The largest absolute Gasteiger partial charge is 0.411 e. The van der Waals surface area contributed by atoms with Gasteiger partial charge in [-0.2, -0.15) is 0 Å². The van der Waals surface area contributed by atoms with Crippen LogP contribution >= 0.6 is 0 Å². The molecule has 0 saturated heterocycles. The zero-order valence-electron chi connectivity index (χ0n) is 7.01. The van der Waals surface area contributed by atoms with E-state index >= 15 is 0 Å². The van der Waals surface area contributed by atoms with Crippen molar-refractivity contribution in [3.63, 3.8) is 0 Å². The Morgan fingerprint density at radius 2 is 1.77 bits per heavy atom. The molecule has 0 bridgehead atoms. The molecule has 0 amide bonds. The molecule has 0 heterocycles. The van der Waals surface area contributed by atoms with Gasteiger partial charge in [0.25, 0.3) is 0 Å². The van der Waals surface area contributed by atoms with Crippen molar-refractivity contribution in [1.82, 2.24) is 0 Å². The molecule has 0 aromatic heterocycles. The third-order valence-corrected chi connectivity index (χ3v) is 2.02. The van der Waals surface area contributed by atoms with E-state index in [1.54, 1.807) is 0 Å². The van der Waals surface area contributed by atoms with Crippen LogP contribution in [0, 0.1) is 0 Å². The predicted molar refractivity (Wildman–Crippen MR) is 53.3 cm³/mol. The molecule has 1 N–H and O–H groups in total. The normalized spacial score (nSPS) is 11.1. The van der Waals surface area contributed by atoms with E-state index in [2.05, 4.69) is 5.16 Å². The van der Waals surface area contributed by atoms with E-state index in [1.165, 1.54) is 6.21 Å². The lowest BCUT2D eigenvalue weighted by Gasteiger charge is -1.99. The molecule has 0 unspecified atom stereocenters. The van der Waals surface area contributed by atoms with E-state index in [4.69, 9.17) is 5.21 Å². The predicted octanol–water partition coefficient (Wildman–Crippen LogP) is 2.65. The summed E-state index contributed by atoms with van der Waals surface area (Å²) in [5.74, 6) is 0. The van der Waals surface area contributed by atoms with E-state index in [1.807, 2.05) is 42.5 Å². The molecule has 2 nitrogen and oxygen atoms in total. The van der Waals surface area contributed by atoms with Crippen LogP contribution in [-0.4, -0.2) is 11.4 Å². The van der Waals surface area contributed by atoms with E-state index in [0.29, 0.717) is 0 Å². The van der Waals surface area contributed by atoms with Crippen molar-refractivity contribution in [2.75, 3.05) is 0 Å². The Balaban J connectivity index is 2.75. The molecular weight excluding hydrogens is 162 g/mol. The van der Waals surface area contributed by atoms with Crippen molar-refractivity contribution in [2.45, 2.75) is 0 Å². The number of nitrogens with zero attached hydrogens (tertiary/aromatic N) is 1. The van der Waals surface area contributed by atoms with Gasteiger partial charge in [0.15, 0.2) is 0 Å². The second-order valence-corrected chi connectivity index (χ2v) is 2.81. The van der Waals surface area contributed by atoms with Gasteiger partial charge in [0, 0.05) is 5.56 Å². The first-order chi connectivity index (χ1) is 6.42. The third-order valence-electron chi connectivity index (χ3n) is 2.02. The number of benzene rings is 2. The molecular formula is C11H9NO. The molecule has 64 valence electrons. The lowest BCUT2D eigenvalue weighted by Crippen LogP contribution is -1.83. The maximum Gasteiger partial charge on any atom is 0.0740 e. The Morgan fingerprint density at radius 3 is 2.62 bits per heavy atom. The molecule has 0 aliphatic rings. The highest BCUT2D eigenvalue weighted by Gasteiger charge is 1.95. The van der Waals surface area contributed by atoms with Gasteiger partial charge >= 0.3 is 0 Å². The minimum absolute atomic E-state index is 0.931. The fraction of sp³-hybridized carbons (Fsp3) is 0. The zero-order chi connectivity index (χ0) is 9.10. The van der Waals surface area contributed by atoms with Gasteiger partial charge in [-0.25, -0.2) is 0 Å². The first-order valence-corrected chi connectivity index (χ1v) is 4.07. The van der Waals surface area contributed by atoms with Crippen LogP contribution in [0.25, 0.3) is 10.8 Å². The Kier molecular flexibility index (Phi) is 1.96. The second-order valence-electron chi connectivity index (χ2n) is 2.81. The lowest BCUT2D eigenvalue weighted by molar-refractivity contribution is 0.322. The molecule has 0 radical (unpaired) electrons. The van der Waals surface area contributed by atoms with Crippen LogP contribution in [0.5, 0.6) is 0 Å². The van der Waals surface area contributed by atoms with Gasteiger partial charge in [-0.15, -0.1) is 0 Å². The Hall–Kier alpha value is -1.83. The van der Waals surface area contributed by atoms with Crippen LogP contribution in [0.1, 0.15) is 5.56 Å². The van der Waals surface area contributed by atoms with Crippen molar-refractivity contribution in [3.05, 3.63) is 48.0 Å². The van der Waals surface area contributed by atoms with Crippen LogP contribution in [0.2, 0.25) is 0 Å². The van der Waals surface area contributed by atoms with Crippen LogP contribution in [0.3, 0.4) is 0 Å². The third kappa shape index (κ3) is 1.38. The van der Waals surface area contributed by atoms with Crippen molar-refractivity contribution >= 4 is 17.0 Å². The maximum absolute atomic E-state index is 8.45. The minimum Gasteiger partial charge on any atom is -0.411 e. The smallest absolute Gasteiger partial charge is 0.0740 e. The molecule has 0 aliphatic carbocycles. The van der Waals surface area contributed by atoms with Crippen molar-refractivity contribution in [1.29, 1.82) is 0 Å². The number of fused-ring (bicyclic) bond motifs is 1. The standard InChI is InChI=1S/C11H9NO/c13-12-8-10-6-3-5-9-4-1-2-7-11(9)10/h1-8,13H. The van der Waals surface area contributed by atoms with Gasteiger partial charge < -0.3 is 5.21 Å². The summed E-state index contributed by atoms with van der Waals surface area (Å²) in [5, 5.41) is 13.7.